The molecule has 4 heteroatoms. The third kappa shape index (κ3) is 2.11. The Bertz CT molecular complexity index is 2070. The summed E-state index contributed by atoms with van der Waals surface area (Å²) in [6.45, 7) is 0. The zero-order valence-electron chi connectivity index (χ0n) is 18.8. The van der Waals surface area contributed by atoms with E-state index in [1.54, 1.807) is 0 Å². The van der Waals surface area contributed by atoms with Gasteiger partial charge in [-0.3, -0.25) is 14.4 Å². The van der Waals surface area contributed by atoms with Crippen molar-refractivity contribution in [3.05, 3.63) is 108 Å². The Kier molecular flexibility index (Phi) is 3.11. The van der Waals surface area contributed by atoms with Gasteiger partial charge in [0.15, 0.2) is 0 Å². The van der Waals surface area contributed by atoms with Gasteiger partial charge in [0.2, 0.25) is 0 Å². The zero-order valence-corrected chi connectivity index (χ0v) is 18.8. The SMILES string of the molecule is c1ccc2c(c1)Cc1ccc3c(c1-2)-c1ccc2c(nc4c5cnccc5c5ccncc5n24)c1C3. The molecule has 9 rings (SSSR count). The Morgan fingerprint density at radius 1 is 0.600 bits per heavy atom. The minimum absolute atomic E-state index is 0.910. The van der Waals surface area contributed by atoms with Crippen molar-refractivity contribution in [3.8, 4) is 22.3 Å². The second-order valence-corrected chi connectivity index (χ2v) is 9.69. The van der Waals surface area contributed by atoms with E-state index < -0.39 is 0 Å². The monoisotopic (exact) mass is 446 g/mol. The highest BCUT2D eigenvalue weighted by molar-refractivity contribution is 6.14. The quantitative estimate of drug-likeness (QED) is 0.243. The lowest BCUT2D eigenvalue weighted by Crippen LogP contribution is -1.92. The average molecular weight is 447 g/mol. The van der Waals surface area contributed by atoms with Crippen molar-refractivity contribution in [1.29, 1.82) is 0 Å². The second-order valence-electron chi connectivity index (χ2n) is 9.69. The number of pyridine rings is 3. The number of hydrogen-bond donors (Lipinski definition) is 0. The molecule has 0 N–H and O–H groups in total. The molecule has 2 aliphatic rings. The van der Waals surface area contributed by atoms with E-state index in [0.29, 0.717) is 0 Å². The molecule has 0 saturated heterocycles. The van der Waals surface area contributed by atoms with Crippen LogP contribution in [0.25, 0.3) is 60.6 Å². The molecule has 0 fully saturated rings. The fourth-order valence-corrected chi connectivity index (χ4v) is 6.55. The van der Waals surface area contributed by atoms with Crippen LogP contribution in [-0.2, 0) is 12.8 Å². The minimum atomic E-state index is 0.910. The number of fused-ring (bicyclic) bond motifs is 16. The lowest BCUT2D eigenvalue weighted by molar-refractivity contribution is 1.24. The fourth-order valence-electron chi connectivity index (χ4n) is 6.55. The van der Waals surface area contributed by atoms with Crippen LogP contribution in [0.1, 0.15) is 22.3 Å². The van der Waals surface area contributed by atoms with Crippen molar-refractivity contribution in [3.63, 3.8) is 0 Å². The minimum Gasteiger partial charge on any atom is -0.290 e. The Hall–Kier alpha value is -4.57. The van der Waals surface area contributed by atoms with Crippen molar-refractivity contribution < 1.29 is 0 Å². The van der Waals surface area contributed by atoms with E-state index in [1.807, 2.05) is 24.8 Å². The summed E-state index contributed by atoms with van der Waals surface area (Å²) in [6, 6.07) is 22.3. The predicted molar refractivity (Wildman–Crippen MR) is 140 cm³/mol. The maximum Gasteiger partial charge on any atom is 0.148 e. The van der Waals surface area contributed by atoms with Crippen LogP contribution < -0.4 is 0 Å². The summed E-state index contributed by atoms with van der Waals surface area (Å²) in [5, 5.41) is 3.40. The number of hydrogen-bond acceptors (Lipinski definition) is 3. The topological polar surface area (TPSA) is 43.1 Å². The van der Waals surface area contributed by atoms with E-state index in [4.69, 9.17) is 4.98 Å². The van der Waals surface area contributed by atoms with Gasteiger partial charge in [-0.05, 0) is 74.5 Å². The molecule has 0 spiro atoms. The van der Waals surface area contributed by atoms with Crippen molar-refractivity contribution in [1.82, 2.24) is 19.4 Å². The summed E-state index contributed by atoms with van der Waals surface area (Å²) in [5.41, 5.74) is 15.4. The van der Waals surface area contributed by atoms with Gasteiger partial charge in [0, 0.05) is 35.8 Å². The van der Waals surface area contributed by atoms with Crippen molar-refractivity contribution in [2.45, 2.75) is 12.8 Å². The van der Waals surface area contributed by atoms with Gasteiger partial charge in [-0.25, -0.2) is 4.98 Å². The molecular formula is C31H18N4. The van der Waals surface area contributed by atoms with E-state index in [9.17, 15) is 0 Å². The molecule has 0 bridgehead atoms. The molecule has 7 aromatic rings. The molecule has 2 aliphatic carbocycles. The number of imidazole rings is 1. The molecule has 35 heavy (non-hydrogen) atoms. The molecule has 4 nitrogen and oxygen atoms in total. The first kappa shape index (κ1) is 17.8. The smallest absolute Gasteiger partial charge is 0.148 e. The lowest BCUT2D eigenvalue weighted by Gasteiger charge is -2.10. The van der Waals surface area contributed by atoms with E-state index in [0.717, 1.165) is 45.8 Å². The van der Waals surface area contributed by atoms with Crippen LogP contribution in [0.15, 0.2) is 85.5 Å². The van der Waals surface area contributed by atoms with Gasteiger partial charge in [0.1, 0.15) is 5.65 Å². The summed E-state index contributed by atoms with van der Waals surface area (Å²) in [6.07, 6.45) is 9.54. The molecule has 0 unspecified atom stereocenters. The Morgan fingerprint density at radius 3 is 2.34 bits per heavy atom. The van der Waals surface area contributed by atoms with Crippen molar-refractivity contribution >= 4 is 38.4 Å². The highest BCUT2D eigenvalue weighted by Crippen LogP contribution is 2.50. The molecule has 0 radical (unpaired) electrons. The van der Waals surface area contributed by atoms with Gasteiger partial charge >= 0.3 is 0 Å². The maximum absolute atomic E-state index is 5.28. The molecule has 0 atom stereocenters. The standard InChI is InChI=1S/C31H18N4/c1-2-4-20-17(3-1)13-18-5-6-19-14-24-23(29(19)28(18)20)7-8-26-30(24)34-31-25-15-32-11-9-21(25)22-10-12-33-16-27(22)35(26)31/h1-12,15-16H,13-14H2. The number of aromatic nitrogens is 4. The van der Waals surface area contributed by atoms with Gasteiger partial charge in [-0.15, -0.1) is 0 Å². The maximum atomic E-state index is 5.28. The zero-order chi connectivity index (χ0) is 22.7. The number of nitrogens with zero attached hydrogens (tertiary/aromatic N) is 4. The van der Waals surface area contributed by atoms with E-state index in [2.05, 4.69) is 75.0 Å². The first-order chi connectivity index (χ1) is 17.4. The van der Waals surface area contributed by atoms with Gasteiger partial charge in [0.25, 0.3) is 0 Å². The molecular weight excluding hydrogens is 428 g/mol. The van der Waals surface area contributed by atoms with Crippen molar-refractivity contribution in [2.24, 2.45) is 0 Å². The largest absolute Gasteiger partial charge is 0.290 e. The summed E-state index contributed by atoms with van der Waals surface area (Å²) < 4.78 is 2.27. The summed E-state index contributed by atoms with van der Waals surface area (Å²) in [4.78, 5) is 14.2. The van der Waals surface area contributed by atoms with E-state index in [-0.39, 0.29) is 0 Å². The lowest BCUT2D eigenvalue weighted by atomic mass is 9.94. The van der Waals surface area contributed by atoms with Crippen LogP contribution in [0.3, 0.4) is 0 Å². The molecule has 0 aliphatic heterocycles. The van der Waals surface area contributed by atoms with Gasteiger partial charge in [-0.1, -0.05) is 42.5 Å². The predicted octanol–water partition coefficient (Wildman–Crippen LogP) is 6.73. The summed E-state index contributed by atoms with van der Waals surface area (Å²) in [5.74, 6) is 0. The third-order valence-electron chi connectivity index (χ3n) is 8.01. The molecule has 4 heterocycles. The van der Waals surface area contributed by atoms with Gasteiger partial charge in [0.05, 0.1) is 22.7 Å². The Morgan fingerprint density at radius 2 is 1.40 bits per heavy atom. The Balaban J connectivity index is 1.42. The van der Waals surface area contributed by atoms with E-state index in [1.165, 1.54) is 49.9 Å². The molecule has 4 aromatic heterocycles. The van der Waals surface area contributed by atoms with Gasteiger partial charge < -0.3 is 0 Å². The third-order valence-corrected chi connectivity index (χ3v) is 8.01. The molecule has 3 aromatic carbocycles. The summed E-state index contributed by atoms with van der Waals surface area (Å²) >= 11 is 0. The molecule has 0 saturated carbocycles. The van der Waals surface area contributed by atoms with Crippen LogP contribution in [0.2, 0.25) is 0 Å². The summed E-state index contributed by atoms with van der Waals surface area (Å²) in [7, 11) is 0. The normalized spacial score (nSPS) is 13.5. The first-order valence-electron chi connectivity index (χ1n) is 12.0. The Labute approximate surface area is 200 Å². The second kappa shape index (κ2) is 6.10. The molecule has 0 amide bonds. The highest BCUT2D eigenvalue weighted by Gasteiger charge is 2.30. The number of rotatable bonds is 0. The van der Waals surface area contributed by atoms with Crippen LogP contribution in [-0.4, -0.2) is 19.4 Å². The average Bonchev–Trinajstić information content (AvgIpc) is 3.59. The van der Waals surface area contributed by atoms with Crippen LogP contribution in [0, 0.1) is 0 Å². The first-order valence-corrected chi connectivity index (χ1v) is 12.0. The van der Waals surface area contributed by atoms with Gasteiger partial charge in [-0.2, -0.15) is 0 Å². The fraction of sp³-hybridized carbons (Fsp3) is 0.0645. The van der Waals surface area contributed by atoms with Crippen LogP contribution in [0.4, 0.5) is 0 Å². The highest BCUT2D eigenvalue weighted by atomic mass is 15.0. The molecule has 162 valence electrons. The number of benzene rings is 3. The van der Waals surface area contributed by atoms with Crippen LogP contribution >= 0.6 is 0 Å². The van der Waals surface area contributed by atoms with E-state index >= 15 is 0 Å². The van der Waals surface area contributed by atoms with Crippen LogP contribution in [0.5, 0.6) is 0 Å². The van der Waals surface area contributed by atoms with Crippen molar-refractivity contribution in [2.75, 3.05) is 0 Å².